The van der Waals surface area contributed by atoms with Crippen molar-refractivity contribution < 1.29 is 18.3 Å². The molecule has 2 heterocycles. The Kier molecular flexibility index (Phi) is 8.97. The van der Waals surface area contributed by atoms with E-state index in [1.54, 1.807) is 0 Å². The van der Waals surface area contributed by atoms with Gasteiger partial charge in [0.25, 0.3) is 0 Å². The maximum Gasteiger partial charge on any atom is 0.194 e. The molecule has 27 heavy (non-hydrogen) atoms. The van der Waals surface area contributed by atoms with Gasteiger partial charge in [0.1, 0.15) is 17.7 Å². The zero-order chi connectivity index (χ0) is 18.4. The molecule has 0 aliphatic carbocycles. The normalized spacial score (nSPS) is 21.0. The third kappa shape index (κ3) is 6.15. The van der Waals surface area contributed by atoms with Gasteiger partial charge in [0.15, 0.2) is 5.96 Å². The molecule has 0 radical (unpaired) electrons. The van der Waals surface area contributed by atoms with Crippen LogP contribution in [0, 0.1) is 11.6 Å². The number of ether oxygens (including phenoxy) is 2. The van der Waals surface area contributed by atoms with E-state index < -0.39 is 11.6 Å². The zero-order valence-corrected chi connectivity index (χ0v) is 17.8. The van der Waals surface area contributed by atoms with Crippen molar-refractivity contribution in [2.24, 2.45) is 4.99 Å². The first kappa shape index (κ1) is 22.1. The van der Waals surface area contributed by atoms with Gasteiger partial charge in [-0.2, -0.15) is 0 Å². The van der Waals surface area contributed by atoms with Crippen molar-refractivity contribution in [3.63, 3.8) is 0 Å². The van der Waals surface area contributed by atoms with Crippen molar-refractivity contribution in [1.29, 1.82) is 0 Å². The van der Waals surface area contributed by atoms with Crippen molar-refractivity contribution in [2.45, 2.75) is 13.0 Å². The SMILES string of the molecule is CCNC(=NCC1COCCO1)N1CCN(c2cc(F)ccc2F)CC1.I. The largest absolute Gasteiger partial charge is 0.376 e. The predicted octanol–water partition coefficient (Wildman–Crippen LogP) is 2.09. The van der Waals surface area contributed by atoms with E-state index in [2.05, 4.69) is 15.2 Å². The molecule has 0 spiro atoms. The van der Waals surface area contributed by atoms with E-state index >= 15 is 0 Å². The van der Waals surface area contributed by atoms with E-state index in [0.717, 1.165) is 18.6 Å². The molecule has 9 heteroatoms. The molecule has 0 aromatic heterocycles. The molecule has 6 nitrogen and oxygen atoms in total. The molecule has 2 aliphatic heterocycles. The summed E-state index contributed by atoms with van der Waals surface area (Å²) in [4.78, 5) is 8.68. The Hall–Kier alpha value is -1.20. The smallest absolute Gasteiger partial charge is 0.194 e. The van der Waals surface area contributed by atoms with Crippen LogP contribution in [0.3, 0.4) is 0 Å². The van der Waals surface area contributed by atoms with Crippen LogP contribution in [0.1, 0.15) is 6.92 Å². The summed E-state index contributed by atoms with van der Waals surface area (Å²) in [5, 5.41) is 3.29. The lowest BCUT2D eigenvalue weighted by atomic mass is 10.2. The monoisotopic (exact) mass is 496 g/mol. The summed E-state index contributed by atoms with van der Waals surface area (Å²) in [5.74, 6) is 0.00402. The summed E-state index contributed by atoms with van der Waals surface area (Å²) in [6, 6.07) is 3.57. The highest BCUT2D eigenvalue weighted by Crippen LogP contribution is 2.22. The van der Waals surface area contributed by atoms with Crippen molar-refractivity contribution in [1.82, 2.24) is 10.2 Å². The van der Waals surface area contributed by atoms with Gasteiger partial charge >= 0.3 is 0 Å². The fourth-order valence-corrected chi connectivity index (χ4v) is 3.14. The molecule has 1 unspecified atom stereocenters. The van der Waals surface area contributed by atoms with Crippen LogP contribution in [-0.4, -0.2) is 76.1 Å². The van der Waals surface area contributed by atoms with Crippen LogP contribution < -0.4 is 10.2 Å². The van der Waals surface area contributed by atoms with Gasteiger partial charge in [-0.3, -0.25) is 4.99 Å². The van der Waals surface area contributed by atoms with Crippen LogP contribution in [0.15, 0.2) is 23.2 Å². The van der Waals surface area contributed by atoms with Crippen LogP contribution in [0.25, 0.3) is 0 Å². The number of nitrogens with zero attached hydrogens (tertiary/aromatic N) is 3. The number of guanidine groups is 1. The summed E-state index contributed by atoms with van der Waals surface area (Å²) in [6.45, 7) is 7.72. The van der Waals surface area contributed by atoms with Crippen LogP contribution in [0.2, 0.25) is 0 Å². The molecule has 152 valence electrons. The fraction of sp³-hybridized carbons (Fsp3) is 0.611. The molecule has 0 bridgehead atoms. The third-order valence-electron chi connectivity index (χ3n) is 4.49. The lowest BCUT2D eigenvalue weighted by Gasteiger charge is -2.38. The average molecular weight is 496 g/mol. The Labute approximate surface area is 175 Å². The lowest BCUT2D eigenvalue weighted by Crippen LogP contribution is -2.53. The number of piperazine rings is 1. The molecule has 2 fully saturated rings. The second-order valence-electron chi connectivity index (χ2n) is 6.33. The van der Waals surface area contributed by atoms with E-state index in [0.29, 0.717) is 58.2 Å². The molecule has 1 atom stereocenters. The maximum atomic E-state index is 14.0. The number of rotatable bonds is 4. The second kappa shape index (κ2) is 11.0. The average Bonchev–Trinajstić information content (AvgIpc) is 2.68. The molecule has 2 aliphatic rings. The molecule has 1 aromatic rings. The first-order valence-corrected chi connectivity index (χ1v) is 9.10. The zero-order valence-electron chi connectivity index (χ0n) is 15.5. The van der Waals surface area contributed by atoms with E-state index in [9.17, 15) is 8.78 Å². The minimum Gasteiger partial charge on any atom is -0.376 e. The second-order valence-corrected chi connectivity index (χ2v) is 6.33. The maximum absolute atomic E-state index is 14.0. The van der Waals surface area contributed by atoms with Gasteiger partial charge in [-0.15, -0.1) is 24.0 Å². The van der Waals surface area contributed by atoms with Crippen molar-refractivity contribution in [2.75, 3.05) is 64.0 Å². The van der Waals surface area contributed by atoms with Crippen LogP contribution in [0.5, 0.6) is 0 Å². The van der Waals surface area contributed by atoms with E-state index in [4.69, 9.17) is 9.47 Å². The Morgan fingerprint density at radius 3 is 2.67 bits per heavy atom. The van der Waals surface area contributed by atoms with Gasteiger partial charge in [0, 0.05) is 38.8 Å². The number of halogens is 3. The van der Waals surface area contributed by atoms with Gasteiger partial charge in [-0.05, 0) is 19.1 Å². The minimum atomic E-state index is -0.423. The molecular weight excluding hydrogens is 469 g/mol. The van der Waals surface area contributed by atoms with Crippen LogP contribution in [0.4, 0.5) is 14.5 Å². The molecule has 1 N–H and O–H groups in total. The third-order valence-corrected chi connectivity index (χ3v) is 4.49. The van der Waals surface area contributed by atoms with Gasteiger partial charge in [-0.1, -0.05) is 0 Å². The van der Waals surface area contributed by atoms with Gasteiger partial charge in [-0.25, -0.2) is 8.78 Å². The van der Waals surface area contributed by atoms with Crippen molar-refractivity contribution in [3.8, 4) is 0 Å². The highest BCUT2D eigenvalue weighted by atomic mass is 127. The lowest BCUT2D eigenvalue weighted by molar-refractivity contribution is -0.0833. The van der Waals surface area contributed by atoms with E-state index in [-0.39, 0.29) is 30.1 Å². The summed E-state index contributed by atoms with van der Waals surface area (Å²) >= 11 is 0. The van der Waals surface area contributed by atoms with E-state index in [1.807, 2.05) is 11.8 Å². The molecule has 1 aromatic carbocycles. The first-order chi connectivity index (χ1) is 12.7. The highest BCUT2D eigenvalue weighted by molar-refractivity contribution is 14.0. The van der Waals surface area contributed by atoms with Crippen LogP contribution >= 0.6 is 24.0 Å². The Morgan fingerprint density at radius 2 is 2.00 bits per heavy atom. The first-order valence-electron chi connectivity index (χ1n) is 9.10. The summed E-state index contributed by atoms with van der Waals surface area (Å²) in [6.07, 6.45) is -0.0138. The Morgan fingerprint density at radius 1 is 1.22 bits per heavy atom. The van der Waals surface area contributed by atoms with Crippen LogP contribution in [-0.2, 0) is 9.47 Å². The number of anilines is 1. The van der Waals surface area contributed by atoms with E-state index in [1.165, 1.54) is 12.1 Å². The summed E-state index contributed by atoms with van der Waals surface area (Å²) < 4.78 is 38.4. The van der Waals surface area contributed by atoms with Crippen molar-refractivity contribution in [3.05, 3.63) is 29.8 Å². The Bertz CT molecular complexity index is 621. The number of hydrogen-bond donors (Lipinski definition) is 1. The standard InChI is InChI=1S/C18H26F2N4O2.HI/c1-2-21-18(22-12-15-13-25-9-10-26-15)24-7-5-23(6-8-24)17-11-14(19)3-4-16(17)20;/h3-4,11,15H,2,5-10,12-13H2,1H3,(H,21,22);1H. The molecule has 0 amide bonds. The topological polar surface area (TPSA) is 49.3 Å². The predicted molar refractivity (Wildman–Crippen MR) is 112 cm³/mol. The van der Waals surface area contributed by atoms with Gasteiger partial charge in [0.2, 0.25) is 0 Å². The van der Waals surface area contributed by atoms with Gasteiger partial charge < -0.3 is 24.6 Å². The number of aliphatic imine (C=N–C) groups is 1. The molecule has 3 rings (SSSR count). The molecule has 0 saturated carbocycles. The Balaban J connectivity index is 0.00000261. The van der Waals surface area contributed by atoms with Crippen molar-refractivity contribution >= 4 is 35.6 Å². The quantitative estimate of drug-likeness (QED) is 0.393. The number of hydrogen-bond acceptors (Lipinski definition) is 4. The summed E-state index contributed by atoms with van der Waals surface area (Å²) in [7, 11) is 0. The summed E-state index contributed by atoms with van der Waals surface area (Å²) in [5.41, 5.74) is 0.319. The van der Waals surface area contributed by atoms with Gasteiger partial charge in [0.05, 0.1) is 32.1 Å². The molecule has 2 saturated heterocycles. The molecular formula is C18H27F2IN4O2. The number of nitrogens with one attached hydrogen (secondary N) is 1. The highest BCUT2D eigenvalue weighted by Gasteiger charge is 2.22. The minimum absolute atomic E-state index is 0. The fourth-order valence-electron chi connectivity index (χ4n) is 3.14. The number of benzene rings is 1.